The van der Waals surface area contributed by atoms with Crippen LogP contribution in [0.3, 0.4) is 0 Å². The second kappa shape index (κ2) is 5.82. The summed E-state index contributed by atoms with van der Waals surface area (Å²) in [5.74, 6) is 0.244. The minimum absolute atomic E-state index is 0.0473. The first-order chi connectivity index (χ1) is 8.68. The summed E-state index contributed by atoms with van der Waals surface area (Å²) < 4.78 is 5.65. The van der Waals surface area contributed by atoms with Gasteiger partial charge in [-0.1, -0.05) is 25.0 Å². The van der Waals surface area contributed by atoms with Gasteiger partial charge in [-0.3, -0.25) is 10.1 Å². The average molecular weight is 251 g/mol. The zero-order chi connectivity index (χ0) is 13.0. The van der Waals surface area contributed by atoms with E-state index in [9.17, 15) is 15.2 Å². The number of hydrogen-bond donors (Lipinski definition) is 1. The summed E-state index contributed by atoms with van der Waals surface area (Å²) in [6.45, 7) is 0. The van der Waals surface area contributed by atoms with Crippen molar-refractivity contribution < 1.29 is 14.8 Å². The van der Waals surface area contributed by atoms with E-state index in [-0.39, 0.29) is 17.5 Å². The summed E-state index contributed by atoms with van der Waals surface area (Å²) in [7, 11) is 0. The maximum Gasteiger partial charge on any atom is 0.310 e. The number of aliphatic hydroxyl groups excluding tert-OH is 1. The van der Waals surface area contributed by atoms with Crippen LogP contribution in [0.5, 0.6) is 5.75 Å². The number of nitro benzene ring substituents is 1. The van der Waals surface area contributed by atoms with Crippen LogP contribution in [0, 0.1) is 10.1 Å². The van der Waals surface area contributed by atoms with Gasteiger partial charge >= 0.3 is 5.69 Å². The summed E-state index contributed by atoms with van der Waals surface area (Å²) in [5.41, 5.74) is -0.0473. The second-order valence-corrected chi connectivity index (χ2v) is 4.59. The van der Waals surface area contributed by atoms with Crippen LogP contribution in [0.4, 0.5) is 5.69 Å². The molecule has 0 amide bonds. The van der Waals surface area contributed by atoms with Crippen LogP contribution in [0.2, 0.25) is 0 Å². The Hall–Kier alpha value is -1.62. The molecule has 1 aliphatic carbocycles. The van der Waals surface area contributed by atoms with E-state index in [0.717, 1.165) is 25.7 Å². The molecule has 1 saturated carbocycles. The van der Waals surface area contributed by atoms with E-state index in [1.807, 2.05) is 0 Å². The fraction of sp³-hybridized carbons (Fsp3) is 0.538. The topological polar surface area (TPSA) is 72.6 Å². The Kier molecular flexibility index (Phi) is 4.15. The quantitative estimate of drug-likeness (QED) is 0.509. The molecule has 2 rings (SSSR count). The molecule has 1 aromatic carbocycles. The molecule has 18 heavy (non-hydrogen) atoms. The van der Waals surface area contributed by atoms with Crippen LogP contribution < -0.4 is 4.74 Å². The van der Waals surface area contributed by atoms with Gasteiger partial charge in [-0.15, -0.1) is 0 Å². The van der Waals surface area contributed by atoms with Gasteiger partial charge in [0, 0.05) is 6.07 Å². The van der Waals surface area contributed by atoms with Crippen LogP contribution in [-0.2, 0) is 0 Å². The lowest BCUT2D eigenvalue weighted by molar-refractivity contribution is -0.386. The van der Waals surface area contributed by atoms with Gasteiger partial charge in [-0.2, -0.15) is 0 Å². The third-order valence-electron chi connectivity index (χ3n) is 3.26. The Balaban J connectivity index is 2.14. The highest BCUT2D eigenvalue weighted by atomic mass is 16.6. The maximum atomic E-state index is 10.9. The molecule has 5 nitrogen and oxygen atoms in total. The lowest BCUT2D eigenvalue weighted by Crippen LogP contribution is -2.30. The molecule has 0 radical (unpaired) electrons. The number of para-hydroxylation sites is 2. The zero-order valence-corrected chi connectivity index (χ0v) is 10.1. The Morgan fingerprint density at radius 2 is 1.94 bits per heavy atom. The van der Waals surface area contributed by atoms with Crippen molar-refractivity contribution >= 4 is 5.69 Å². The highest BCUT2D eigenvalue weighted by molar-refractivity contribution is 5.45. The summed E-state index contributed by atoms with van der Waals surface area (Å²) in [6.07, 6.45) is 3.62. The Labute approximate surface area is 106 Å². The smallest absolute Gasteiger partial charge is 0.310 e. The fourth-order valence-corrected chi connectivity index (χ4v) is 2.26. The van der Waals surface area contributed by atoms with Crippen molar-refractivity contribution in [2.45, 2.75) is 44.3 Å². The van der Waals surface area contributed by atoms with Crippen LogP contribution >= 0.6 is 0 Å². The van der Waals surface area contributed by atoms with E-state index in [4.69, 9.17) is 4.74 Å². The van der Waals surface area contributed by atoms with Gasteiger partial charge in [0.25, 0.3) is 0 Å². The molecule has 2 unspecified atom stereocenters. The summed E-state index contributed by atoms with van der Waals surface area (Å²) in [4.78, 5) is 10.4. The maximum absolute atomic E-state index is 10.9. The third kappa shape index (κ3) is 2.98. The van der Waals surface area contributed by atoms with Crippen molar-refractivity contribution in [1.29, 1.82) is 0 Å². The van der Waals surface area contributed by atoms with Gasteiger partial charge < -0.3 is 9.84 Å². The van der Waals surface area contributed by atoms with Crippen molar-refractivity contribution in [1.82, 2.24) is 0 Å². The number of aliphatic hydroxyl groups is 1. The number of nitro groups is 1. The highest BCUT2D eigenvalue weighted by Gasteiger charge is 2.25. The molecule has 0 aliphatic heterocycles. The zero-order valence-electron chi connectivity index (χ0n) is 10.1. The lowest BCUT2D eigenvalue weighted by atomic mass is 10.1. The molecule has 0 spiro atoms. The van der Waals surface area contributed by atoms with E-state index in [0.29, 0.717) is 6.42 Å². The summed E-state index contributed by atoms with van der Waals surface area (Å²) >= 11 is 0. The van der Waals surface area contributed by atoms with Gasteiger partial charge in [0.05, 0.1) is 11.0 Å². The number of ether oxygens (including phenoxy) is 1. The first-order valence-electron chi connectivity index (χ1n) is 6.26. The van der Waals surface area contributed by atoms with Crippen LogP contribution in [0.15, 0.2) is 24.3 Å². The molecular weight excluding hydrogens is 234 g/mol. The van der Waals surface area contributed by atoms with Gasteiger partial charge in [-0.25, -0.2) is 0 Å². The van der Waals surface area contributed by atoms with E-state index >= 15 is 0 Å². The molecule has 0 saturated heterocycles. The van der Waals surface area contributed by atoms with Gasteiger partial charge in [-0.05, 0) is 25.3 Å². The van der Waals surface area contributed by atoms with Crippen LogP contribution in [0.25, 0.3) is 0 Å². The number of nitrogens with zero attached hydrogens (tertiary/aromatic N) is 1. The normalized spacial score (nSPS) is 24.3. The molecule has 0 heterocycles. The number of rotatable bonds is 3. The Morgan fingerprint density at radius 3 is 2.72 bits per heavy atom. The molecule has 1 aromatic rings. The number of hydrogen-bond acceptors (Lipinski definition) is 4. The fourth-order valence-electron chi connectivity index (χ4n) is 2.26. The Bertz CT molecular complexity index is 421. The van der Waals surface area contributed by atoms with Crippen molar-refractivity contribution in [3.05, 3.63) is 34.4 Å². The molecule has 0 bridgehead atoms. The largest absolute Gasteiger partial charge is 0.481 e. The SMILES string of the molecule is O=[N+]([O-])c1ccccc1OC1CCCCCC1O. The summed E-state index contributed by atoms with van der Waals surface area (Å²) in [6, 6.07) is 6.30. The molecule has 0 aromatic heterocycles. The molecule has 1 N–H and O–H groups in total. The van der Waals surface area contributed by atoms with E-state index in [1.165, 1.54) is 6.07 Å². The van der Waals surface area contributed by atoms with Gasteiger partial charge in [0.1, 0.15) is 6.10 Å². The van der Waals surface area contributed by atoms with Crippen LogP contribution in [0.1, 0.15) is 32.1 Å². The standard InChI is InChI=1S/C13H17NO4/c15-11-7-2-1-3-9-13(11)18-12-8-5-4-6-10(12)14(16)17/h4-6,8,11,13,15H,1-3,7,9H2. The molecule has 1 aliphatic rings. The van der Waals surface area contributed by atoms with E-state index < -0.39 is 11.0 Å². The predicted octanol–water partition coefficient (Wildman–Crippen LogP) is 2.67. The molecule has 2 atom stereocenters. The first kappa shape index (κ1) is 12.8. The highest BCUT2D eigenvalue weighted by Crippen LogP contribution is 2.30. The minimum Gasteiger partial charge on any atom is -0.481 e. The molecule has 98 valence electrons. The average Bonchev–Trinajstić information content (AvgIpc) is 2.55. The van der Waals surface area contributed by atoms with Crippen molar-refractivity contribution in [2.24, 2.45) is 0 Å². The van der Waals surface area contributed by atoms with Crippen LogP contribution in [-0.4, -0.2) is 22.2 Å². The van der Waals surface area contributed by atoms with Crippen molar-refractivity contribution in [3.8, 4) is 5.75 Å². The Morgan fingerprint density at radius 1 is 1.22 bits per heavy atom. The molecule has 5 heteroatoms. The second-order valence-electron chi connectivity index (χ2n) is 4.59. The van der Waals surface area contributed by atoms with E-state index in [1.54, 1.807) is 18.2 Å². The van der Waals surface area contributed by atoms with Gasteiger partial charge in [0.2, 0.25) is 0 Å². The first-order valence-corrected chi connectivity index (χ1v) is 6.26. The minimum atomic E-state index is -0.535. The van der Waals surface area contributed by atoms with Crippen molar-refractivity contribution in [3.63, 3.8) is 0 Å². The number of benzene rings is 1. The van der Waals surface area contributed by atoms with Crippen molar-refractivity contribution in [2.75, 3.05) is 0 Å². The van der Waals surface area contributed by atoms with Gasteiger partial charge in [0.15, 0.2) is 5.75 Å². The lowest BCUT2D eigenvalue weighted by Gasteiger charge is -2.21. The third-order valence-corrected chi connectivity index (χ3v) is 3.26. The molecule has 1 fully saturated rings. The monoisotopic (exact) mass is 251 g/mol. The summed E-state index contributed by atoms with van der Waals surface area (Å²) in [5, 5.41) is 20.8. The molecular formula is C13H17NO4. The van der Waals surface area contributed by atoms with E-state index in [2.05, 4.69) is 0 Å². The predicted molar refractivity (Wildman–Crippen MR) is 66.6 cm³/mol.